The summed E-state index contributed by atoms with van der Waals surface area (Å²) in [6.07, 6.45) is 3.38. The predicted octanol–water partition coefficient (Wildman–Crippen LogP) is 2.69. The number of aryl methyl sites for hydroxylation is 2. The van der Waals surface area contributed by atoms with E-state index < -0.39 is 0 Å². The van der Waals surface area contributed by atoms with E-state index in [2.05, 4.69) is 20.3 Å². The maximum absolute atomic E-state index is 6.01. The molecule has 0 amide bonds. The Bertz CT molecular complexity index is 472. The molecule has 0 aliphatic carbocycles. The van der Waals surface area contributed by atoms with Gasteiger partial charge in [-0.15, -0.1) is 0 Å². The van der Waals surface area contributed by atoms with Crippen molar-refractivity contribution >= 4 is 17.3 Å². The molecule has 2 aromatic rings. The highest BCUT2D eigenvalue weighted by molar-refractivity contribution is 6.32. The molecule has 2 heterocycles. The minimum Gasteiger partial charge on any atom is -0.377 e. The molecule has 0 fully saturated rings. The molecule has 84 valence electrons. The van der Waals surface area contributed by atoms with Crippen LogP contribution in [0.1, 0.15) is 17.0 Å². The fourth-order valence-electron chi connectivity index (χ4n) is 1.47. The minimum absolute atomic E-state index is 0.494. The molecule has 5 heteroatoms. The zero-order valence-electron chi connectivity index (χ0n) is 9.21. The predicted molar refractivity (Wildman–Crippen MR) is 64.6 cm³/mol. The number of H-pyrrole nitrogens is 1. The minimum atomic E-state index is 0.494. The van der Waals surface area contributed by atoms with Crippen molar-refractivity contribution in [2.75, 3.05) is 5.32 Å². The molecule has 0 spiro atoms. The Morgan fingerprint density at radius 3 is 2.81 bits per heavy atom. The molecule has 2 aromatic heterocycles. The topological polar surface area (TPSA) is 53.6 Å². The van der Waals surface area contributed by atoms with Crippen LogP contribution >= 0.6 is 11.6 Å². The van der Waals surface area contributed by atoms with Crippen molar-refractivity contribution in [1.82, 2.24) is 15.0 Å². The van der Waals surface area contributed by atoms with Gasteiger partial charge in [-0.25, -0.2) is 9.97 Å². The van der Waals surface area contributed by atoms with Crippen LogP contribution in [0, 0.1) is 13.8 Å². The Morgan fingerprint density at radius 1 is 1.38 bits per heavy atom. The fraction of sp³-hybridized carbons (Fsp3) is 0.273. The number of anilines is 1. The Kier molecular flexibility index (Phi) is 3.10. The number of imidazole rings is 1. The first-order chi connectivity index (χ1) is 7.68. The van der Waals surface area contributed by atoms with Crippen LogP contribution in [0.5, 0.6) is 0 Å². The van der Waals surface area contributed by atoms with Gasteiger partial charge in [0.25, 0.3) is 0 Å². The molecule has 0 aliphatic heterocycles. The van der Waals surface area contributed by atoms with E-state index in [-0.39, 0.29) is 0 Å². The Hall–Kier alpha value is -1.55. The van der Waals surface area contributed by atoms with E-state index in [1.165, 1.54) is 0 Å². The van der Waals surface area contributed by atoms with Crippen LogP contribution in [-0.4, -0.2) is 15.0 Å². The number of aromatic nitrogens is 3. The molecule has 0 bridgehead atoms. The highest BCUT2D eigenvalue weighted by Crippen LogP contribution is 2.23. The third-order valence-electron chi connectivity index (χ3n) is 2.48. The van der Waals surface area contributed by atoms with E-state index in [9.17, 15) is 0 Å². The molecule has 0 aliphatic rings. The molecular formula is C11H13ClN4. The monoisotopic (exact) mass is 236 g/mol. The van der Waals surface area contributed by atoms with Crippen LogP contribution in [0.2, 0.25) is 5.15 Å². The summed E-state index contributed by atoms with van der Waals surface area (Å²) in [5.74, 6) is 0. The molecule has 0 saturated carbocycles. The second kappa shape index (κ2) is 4.53. The maximum Gasteiger partial charge on any atom is 0.152 e. The molecule has 0 atom stereocenters. The Balaban J connectivity index is 2.14. The summed E-state index contributed by atoms with van der Waals surface area (Å²) in [5.41, 5.74) is 3.99. The zero-order valence-corrected chi connectivity index (χ0v) is 9.97. The SMILES string of the molecule is Cc1ccnc(Cl)c1NCc1nc[nH]c1C. The van der Waals surface area contributed by atoms with Crippen molar-refractivity contribution in [2.24, 2.45) is 0 Å². The third-order valence-corrected chi connectivity index (χ3v) is 2.77. The van der Waals surface area contributed by atoms with E-state index in [1.54, 1.807) is 12.5 Å². The Labute approximate surface area is 99.1 Å². The second-order valence-electron chi connectivity index (χ2n) is 3.62. The summed E-state index contributed by atoms with van der Waals surface area (Å²) >= 11 is 6.01. The first-order valence-corrected chi connectivity index (χ1v) is 5.40. The number of hydrogen-bond acceptors (Lipinski definition) is 3. The number of nitrogens with one attached hydrogen (secondary N) is 2. The standard InChI is InChI=1S/C11H13ClN4/c1-7-3-4-13-11(12)10(7)14-5-9-8(2)15-6-16-9/h3-4,6,14H,5H2,1-2H3,(H,15,16). The molecule has 0 radical (unpaired) electrons. The summed E-state index contributed by atoms with van der Waals surface area (Å²) in [5, 5.41) is 3.74. The lowest BCUT2D eigenvalue weighted by Gasteiger charge is -2.09. The molecular weight excluding hydrogens is 224 g/mol. The summed E-state index contributed by atoms with van der Waals surface area (Å²) < 4.78 is 0. The van der Waals surface area contributed by atoms with E-state index in [1.807, 2.05) is 19.9 Å². The number of pyridine rings is 1. The smallest absolute Gasteiger partial charge is 0.152 e. The number of hydrogen-bond donors (Lipinski definition) is 2. The summed E-state index contributed by atoms with van der Waals surface area (Å²) in [4.78, 5) is 11.3. The zero-order chi connectivity index (χ0) is 11.5. The summed E-state index contributed by atoms with van der Waals surface area (Å²) in [6, 6.07) is 1.92. The van der Waals surface area contributed by atoms with Gasteiger partial charge < -0.3 is 10.3 Å². The van der Waals surface area contributed by atoms with Crippen molar-refractivity contribution < 1.29 is 0 Å². The molecule has 0 unspecified atom stereocenters. The van der Waals surface area contributed by atoms with Crippen LogP contribution in [-0.2, 0) is 6.54 Å². The normalized spacial score (nSPS) is 10.4. The van der Waals surface area contributed by atoms with Gasteiger partial charge in [-0.2, -0.15) is 0 Å². The van der Waals surface area contributed by atoms with E-state index >= 15 is 0 Å². The third kappa shape index (κ3) is 2.17. The first-order valence-electron chi connectivity index (χ1n) is 5.02. The molecule has 16 heavy (non-hydrogen) atoms. The number of aromatic amines is 1. The molecule has 0 aromatic carbocycles. The average Bonchev–Trinajstić information content (AvgIpc) is 2.64. The maximum atomic E-state index is 6.01. The lowest BCUT2D eigenvalue weighted by Crippen LogP contribution is -2.04. The van der Waals surface area contributed by atoms with Gasteiger partial charge in [0.2, 0.25) is 0 Å². The average molecular weight is 237 g/mol. The van der Waals surface area contributed by atoms with E-state index in [4.69, 9.17) is 11.6 Å². The molecule has 0 saturated heterocycles. The summed E-state index contributed by atoms with van der Waals surface area (Å²) in [7, 11) is 0. The highest BCUT2D eigenvalue weighted by Gasteiger charge is 2.06. The van der Waals surface area contributed by atoms with Gasteiger partial charge in [0.15, 0.2) is 5.15 Å². The quantitative estimate of drug-likeness (QED) is 0.806. The van der Waals surface area contributed by atoms with Gasteiger partial charge in [0, 0.05) is 11.9 Å². The van der Waals surface area contributed by atoms with E-state index in [0.717, 1.165) is 22.6 Å². The Morgan fingerprint density at radius 2 is 2.19 bits per heavy atom. The van der Waals surface area contributed by atoms with Crippen molar-refractivity contribution in [2.45, 2.75) is 20.4 Å². The van der Waals surface area contributed by atoms with Gasteiger partial charge in [-0.1, -0.05) is 11.6 Å². The lowest BCUT2D eigenvalue weighted by atomic mass is 10.2. The van der Waals surface area contributed by atoms with Crippen molar-refractivity contribution in [3.63, 3.8) is 0 Å². The fourth-order valence-corrected chi connectivity index (χ4v) is 1.75. The van der Waals surface area contributed by atoms with Crippen LogP contribution < -0.4 is 5.32 Å². The highest BCUT2D eigenvalue weighted by atomic mass is 35.5. The molecule has 2 N–H and O–H groups in total. The lowest BCUT2D eigenvalue weighted by molar-refractivity contribution is 1.04. The number of rotatable bonds is 3. The van der Waals surface area contributed by atoms with Crippen molar-refractivity contribution in [1.29, 1.82) is 0 Å². The second-order valence-corrected chi connectivity index (χ2v) is 3.98. The number of halogens is 1. The van der Waals surface area contributed by atoms with Gasteiger partial charge in [-0.3, -0.25) is 0 Å². The van der Waals surface area contributed by atoms with Crippen molar-refractivity contribution in [3.8, 4) is 0 Å². The number of nitrogens with zero attached hydrogens (tertiary/aromatic N) is 2. The molecule has 4 nitrogen and oxygen atoms in total. The largest absolute Gasteiger partial charge is 0.377 e. The van der Waals surface area contributed by atoms with Gasteiger partial charge in [0.1, 0.15) is 0 Å². The van der Waals surface area contributed by atoms with Crippen LogP contribution in [0.15, 0.2) is 18.6 Å². The van der Waals surface area contributed by atoms with Gasteiger partial charge >= 0.3 is 0 Å². The van der Waals surface area contributed by atoms with Crippen LogP contribution in [0.3, 0.4) is 0 Å². The van der Waals surface area contributed by atoms with Crippen LogP contribution in [0.25, 0.3) is 0 Å². The van der Waals surface area contributed by atoms with Crippen LogP contribution in [0.4, 0.5) is 5.69 Å². The first kappa shape index (κ1) is 11.0. The van der Waals surface area contributed by atoms with Crippen molar-refractivity contribution in [3.05, 3.63) is 40.7 Å². The van der Waals surface area contributed by atoms with E-state index in [0.29, 0.717) is 11.7 Å². The van der Waals surface area contributed by atoms with Gasteiger partial charge in [0.05, 0.1) is 24.3 Å². The summed E-state index contributed by atoms with van der Waals surface area (Å²) in [6.45, 7) is 4.62. The van der Waals surface area contributed by atoms with Gasteiger partial charge in [-0.05, 0) is 25.5 Å². The molecule has 2 rings (SSSR count).